The van der Waals surface area contributed by atoms with Gasteiger partial charge in [-0.3, -0.25) is 9.78 Å². The minimum absolute atomic E-state index is 0.0282. The normalized spacial score (nSPS) is 18.6. The van der Waals surface area contributed by atoms with Crippen molar-refractivity contribution in [3.63, 3.8) is 0 Å². The highest BCUT2D eigenvalue weighted by atomic mass is 16.5. The molecule has 0 atom stereocenters. The molecule has 3 aliphatic rings. The van der Waals surface area contributed by atoms with Gasteiger partial charge in [0.05, 0.1) is 25.3 Å². The summed E-state index contributed by atoms with van der Waals surface area (Å²) in [7, 11) is 0. The van der Waals surface area contributed by atoms with Gasteiger partial charge in [0.1, 0.15) is 6.33 Å². The summed E-state index contributed by atoms with van der Waals surface area (Å²) in [6.07, 6.45) is 4.60. The zero-order valence-electron chi connectivity index (χ0n) is 25.2. The van der Waals surface area contributed by atoms with E-state index in [9.17, 15) is 9.90 Å². The van der Waals surface area contributed by atoms with Crippen molar-refractivity contribution in [2.24, 2.45) is 5.41 Å². The molecule has 1 aromatic carbocycles. The molecule has 0 bridgehead atoms. The number of aromatic nitrogens is 4. The zero-order chi connectivity index (χ0) is 29.4. The monoisotopic (exact) mass is 571 g/mol. The van der Waals surface area contributed by atoms with Crippen molar-refractivity contribution >= 4 is 23.6 Å². The summed E-state index contributed by atoms with van der Waals surface area (Å²) in [6.45, 7) is 14.9. The maximum atomic E-state index is 12.0. The van der Waals surface area contributed by atoms with Gasteiger partial charge >= 0.3 is 5.97 Å². The molecule has 0 amide bonds. The van der Waals surface area contributed by atoms with Gasteiger partial charge < -0.3 is 24.5 Å². The first-order valence-electron chi connectivity index (χ1n) is 15.0. The summed E-state index contributed by atoms with van der Waals surface area (Å²) >= 11 is 0. The van der Waals surface area contributed by atoms with Gasteiger partial charge in [0, 0.05) is 61.8 Å². The number of hydrogen-bond acceptors (Lipinski definition) is 9. The van der Waals surface area contributed by atoms with Crippen LogP contribution in [0.2, 0.25) is 0 Å². The molecule has 0 unspecified atom stereocenters. The number of pyridine rings is 1. The Morgan fingerprint density at radius 1 is 0.905 bits per heavy atom. The van der Waals surface area contributed by atoms with Crippen LogP contribution in [-0.2, 0) is 28.9 Å². The Morgan fingerprint density at radius 3 is 2.33 bits per heavy atom. The Hall–Kier alpha value is -3.79. The Bertz CT molecular complexity index is 1480. The summed E-state index contributed by atoms with van der Waals surface area (Å²) in [4.78, 5) is 37.3. The standard InChI is InChI=1S/C32H41N7O3/c1-21-26(18-27(40)41)29(37-11-8-32(3,4)9-12-37)28(22(2)35-21)24-5-6-25-19-39(10-7-23(25)17-24)31-34-20-33-30(36-31)38-13-15-42-16-14-38/h5-6,17,20H,7-16,18-19H2,1-4H3,(H,40,41). The number of carbonyl (C=O) groups is 1. The molecule has 0 spiro atoms. The van der Waals surface area contributed by atoms with Gasteiger partial charge in [0.25, 0.3) is 0 Å². The fourth-order valence-electron chi connectivity index (χ4n) is 6.49. The SMILES string of the molecule is Cc1nc(C)c(-c2ccc3c(c2)CCN(c2ncnc(N4CCOCC4)n2)C3)c(N2CCC(C)(C)CC2)c1CC(=O)O. The van der Waals surface area contributed by atoms with Gasteiger partial charge in [-0.15, -0.1) is 0 Å². The van der Waals surface area contributed by atoms with Crippen molar-refractivity contribution in [1.82, 2.24) is 19.9 Å². The molecule has 6 rings (SSSR count). The van der Waals surface area contributed by atoms with Crippen LogP contribution < -0.4 is 14.7 Å². The van der Waals surface area contributed by atoms with Crippen molar-refractivity contribution in [1.29, 1.82) is 0 Å². The predicted octanol–water partition coefficient (Wildman–Crippen LogP) is 4.20. The fraction of sp³-hybridized carbons (Fsp3) is 0.531. The molecule has 1 N–H and O–H groups in total. The lowest BCUT2D eigenvalue weighted by molar-refractivity contribution is -0.136. The third-order valence-corrected chi connectivity index (χ3v) is 9.05. The molecule has 2 aromatic heterocycles. The summed E-state index contributed by atoms with van der Waals surface area (Å²) in [5, 5.41) is 9.82. The lowest BCUT2D eigenvalue weighted by Gasteiger charge is -2.40. The van der Waals surface area contributed by atoms with E-state index in [0.717, 1.165) is 92.3 Å². The van der Waals surface area contributed by atoms with Crippen LogP contribution in [0.25, 0.3) is 11.1 Å². The lowest BCUT2D eigenvalue weighted by Crippen LogP contribution is -2.38. The fourth-order valence-corrected chi connectivity index (χ4v) is 6.49. The number of hydrogen-bond donors (Lipinski definition) is 1. The minimum Gasteiger partial charge on any atom is -0.481 e. The van der Waals surface area contributed by atoms with E-state index in [1.165, 1.54) is 11.1 Å². The van der Waals surface area contributed by atoms with E-state index < -0.39 is 5.97 Å². The van der Waals surface area contributed by atoms with E-state index >= 15 is 0 Å². The molecule has 2 saturated heterocycles. The predicted molar refractivity (Wildman–Crippen MR) is 163 cm³/mol. The van der Waals surface area contributed by atoms with E-state index in [4.69, 9.17) is 14.7 Å². The Kier molecular flexibility index (Phi) is 7.74. The van der Waals surface area contributed by atoms with Crippen molar-refractivity contribution in [2.75, 3.05) is 60.6 Å². The van der Waals surface area contributed by atoms with Gasteiger partial charge in [-0.1, -0.05) is 32.0 Å². The number of benzene rings is 1. The van der Waals surface area contributed by atoms with Gasteiger partial charge in [-0.05, 0) is 55.2 Å². The molecule has 0 saturated carbocycles. The first-order chi connectivity index (χ1) is 20.2. The maximum Gasteiger partial charge on any atom is 0.307 e. The number of piperidine rings is 1. The number of morpholine rings is 1. The molecule has 10 nitrogen and oxygen atoms in total. The lowest BCUT2D eigenvalue weighted by atomic mass is 9.82. The third-order valence-electron chi connectivity index (χ3n) is 9.05. The maximum absolute atomic E-state index is 12.0. The number of rotatable bonds is 6. The molecule has 222 valence electrons. The van der Waals surface area contributed by atoms with Crippen molar-refractivity contribution in [3.8, 4) is 11.1 Å². The highest BCUT2D eigenvalue weighted by Gasteiger charge is 2.31. The van der Waals surface area contributed by atoms with Crippen molar-refractivity contribution in [2.45, 2.75) is 59.9 Å². The summed E-state index contributed by atoms with van der Waals surface area (Å²) in [5.41, 5.74) is 8.65. The van der Waals surface area contributed by atoms with Gasteiger partial charge in [-0.2, -0.15) is 4.98 Å². The molecule has 0 radical (unpaired) electrons. The van der Waals surface area contributed by atoms with Crippen molar-refractivity contribution in [3.05, 3.63) is 52.6 Å². The average Bonchev–Trinajstić information content (AvgIpc) is 2.98. The zero-order valence-corrected chi connectivity index (χ0v) is 25.2. The van der Waals surface area contributed by atoms with Crippen LogP contribution in [0.5, 0.6) is 0 Å². The molecular formula is C32H41N7O3. The molecule has 3 aromatic rings. The van der Waals surface area contributed by atoms with Gasteiger partial charge in [0.2, 0.25) is 11.9 Å². The number of carboxylic acid groups (broad SMARTS) is 1. The van der Waals surface area contributed by atoms with Crippen LogP contribution in [0.4, 0.5) is 17.6 Å². The smallest absolute Gasteiger partial charge is 0.307 e. The van der Waals surface area contributed by atoms with Crippen LogP contribution in [-0.4, -0.2) is 76.9 Å². The van der Waals surface area contributed by atoms with E-state index in [-0.39, 0.29) is 6.42 Å². The molecule has 3 aliphatic heterocycles. The number of anilines is 3. The molecule has 42 heavy (non-hydrogen) atoms. The second-order valence-corrected chi connectivity index (χ2v) is 12.5. The van der Waals surface area contributed by atoms with Crippen LogP contribution >= 0.6 is 0 Å². The van der Waals surface area contributed by atoms with Crippen LogP contribution in [0.15, 0.2) is 24.5 Å². The molecule has 5 heterocycles. The number of fused-ring (bicyclic) bond motifs is 1. The third kappa shape index (κ3) is 5.77. The number of carboxylic acids is 1. The first kappa shape index (κ1) is 28.3. The summed E-state index contributed by atoms with van der Waals surface area (Å²) in [6, 6.07) is 6.68. The number of ether oxygens (including phenoxy) is 1. The highest BCUT2D eigenvalue weighted by Crippen LogP contribution is 2.42. The van der Waals surface area contributed by atoms with Crippen LogP contribution in [0, 0.1) is 19.3 Å². The van der Waals surface area contributed by atoms with E-state index in [1.54, 1.807) is 6.33 Å². The second kappa shape index (κ2) is 11.5. The quantitative estimate of drug-likeness (QED) is 0.462. The van der Waals surface area contributed by atoms with Crippen LogP contribution in [0.3, 0.4) is 0 Å². The summed E-state index contributed by atoms with van der Waals surface area (Å²) in [5.74, 6) is 0.583. The van der Waals surface area contributed by atoms with Crippen molar-refractivity contribution < 1.29 is 14.6 Å². The van der Waals surface area contributed by atoms with Gasteiger partial charge in [-0.25, -0.2) is 9.97 Å². The molecule has 10 heteroatoms. The van der Waals surface area contributed by atoms with Crippen LogP contribution in [0.1, 0.15) is 54.8 Å². The molecule has 2 fully saturated rings. The Balaban J connectivity index is 1.32. The number of aryl methyl sites for hydroxylation is 2. The molecular weight excluding hydrogens is 530 g/mol. The Labute approximate surface area is 247 Å². The second-order valence-electron chi connectivity index (χ2n) is 12.5. The van der Waals surface area contributed by atoms with Gasteiger partial charge in [0.15, 0.2) is 0 Å². The largest absolute Gasteiger partial charge is 0.481 e. The topological polar surface area (TPSA) is 108 Å². The minimum atomic E-state index is -0.825. The summed E-state index contributed by atoms with van der Waals surface area (Å²) < 4.78 is 5.48. The van der Waals surface area contributed by atoms with E-state index in [2.05, 4.69) is 63.6 Å². The van der Waals surface area contributed by atoms with E-state index in [0.29, 0.717) is 30.5 Å². The first-order valence-corrected chi connectivity index (χ1v) is 15.0. The average molecular weight is 572 g/mol. The highest BCUT2D eigenvalue weighted by molar-refractivity contribution is 5.86. The number of aliphatic carboxylic acids is 1. The number of nitrogens with zero attached hydrogens (tertiary/aromatic N) is 7. The Morgan fingerprint density at radius 2 is 1.62 bits per heavy atom. The molecule has 0 aliphatic carbocycles. The van der Waals surface area contributed by atoms with E-state index in [1.807, 2.05) is 6.92 Å².